The summed E-state index contributed by atoms with van der Waals surface area (Å²) in [5, 5.41) is 7.54. The summed E-state index contributed by atoms with van der Waals surface area (Å²) >= 11 is 7.82. The fraction of sp³-hybridized carbons (Fsp3) is 0.357. The van der Waals surface area contributed by atoms with E-state index in [9.17, 15) is 0 Å². The minimum atomic E-state index is 0.838. The van der Waals surface area contributed by atoms with Crippen molar-refractivity contribution in [3.63, 3.8) is 0 Å². The second kappa shape index (κ2) is 6.32. The molecule has 0 aliphatic rings. The topological polar surface area (TPSA) is 24.9 Å². The molecule has 1 aromatic heterocycles. The van der Waals surface area contributed by atoms with Gasteiger partial charge in [-0.2, -0.15) is 0 Å². The van der Waals surface area contributed by atoms with E-state index in [1.54, 1.807) is 11.3 Å². The number of benzene rings is 1. The fourth-order valence-electron chi connectivity index (χ4n) is 1.69. The van der Waals surface area contributed by atoms with Crippen molar-refractivity contribution in [3.8, 4) is 0 Å². The number of aryl methyl sites for hydroxylation is 2. The predicted octanol–water partition coefficient (Wildman–Crippen LogP) is 3.75. The van der Waals surface area contributed by atoms with E-state index in [1.807, 2.05) is 19.9 Å². The number of rotatable bonds is 5. The Balaban J connectivity index is 1.76. The lowest BCUT2D eigenvalue weighted by atomic mass is 10.1. The first-order valence-electron chi connectivity index (χ1n) is 6.02. The molecule has 0 amide bonds. The van der Waals surface area contributed by atoms with E-state index in [-0.39, 0.29) is 0 Å². The van der Waals surface area contributed by atoms with Gasteiger partial charge in [-0.25, -0.2) is 4.98 Å². The van der Waals surface area contributed by atoms with Gasteiger partial charge in [-0.15, -0.1) is 11.3 Å². The normalized spacial score (nSPS) is 10.8. The highest BCUT2D eigenvalue weighted by Crippen LogP contribution is 2.16. The molecule has 0 saturated heterocycles. The maximum Gasteiger partial charge on any atom is 0.0940 e. The SMILES string of the molecule is Cc1csc(CCNCc2ccc(C)c(Cl)c2)n1. The minimum absolute atomic E-state index is 0.838. The molecule has 0 aliphatic heterocycles. The number of hydrogen-bond donors (Lipinski definition) is 1. The van der Waals surface area contributed by atoms with Gasteiger partial charge in [-0.1, -0.05) is 23.7 Å². The van der Waals surface area contributed by atoms with E-state index in [4.69, 9.17) is 11.6 Å². The standard InChI is InChI=1S/C14H17ClN2S/c1-10-3-4-12(7-13(10)15)8-16-6-5-14-17-11(2)9-18-14/h3-4,7,9,16H,5-6,8H2,1-2H3. The molecule has 0 unspecified atom stereocenters. The Hall–Kier alpha value is -0.900. The third-order valence-electron chi connectivity index (χ3n) is 2.75. The van der Waals surface area contributed by atoms with Crippen molar-refractivity contribution in [2.75, 3.05) is 6.54 Å². The molecule has 1 aromatic carbocycles. The maximum absolute atomic E-state index is 6.09. The van der Waals surface area contributed by atoms with Gasteiger partial charge in [0.1, 0.15) is 0 Å². The van der Waals surface area contributed by atoms with Crippen molar-refractivity contribution >= 4 is 22.9 Å². The van der Waals surface area contributed by atoms with Crippen LogP contribution in [0.15, 0.2) is 23.6 Å². The molecule has 18 heavy (non-hydrogen) atoms. The Labute approximate surface area is 117 Å². The Kier molecular flexibility index (Phi) is 4.75. The summed E-state index contributed by atoms with van der Waals surface area (Å²) < 4.78 is 0. The van der Waals surface area contributed by atoms with Gasteiger partial charge in [-0.05, 0) is 31.0 Å². The van der Waals surface area contributed by atoms with Gasteiger partial charge in [0, 0.05) is 35.6 Å². The van der Waals surface area contributed by atoms with Gasteiger partial charge in [0.2, 0.25) is 0 Å². The summed E-state index contributed by atoms with van der Waals surface area (Å²) in [5.41, 5.74) is 3.46. The van der Waals surface area contributed by atoms with Crippen LogP contribution in [0.3, 0.4) is 0 Å². The summed E-state index contributed by atoms with van der Waals surface area (Å²) in [4.78, 5) is 4.44. The van der Waals surface area contributed by atoms with Gasteiger partial charge >= 0.3 is 0 Å². The zero-order valence-electron chi connectivity index (χ0n) is 10.7. The molecule has 0 spiro atoms. The number of nitrogens with one attached hydrogen (secondary N) is 1. The molecule has 1 heterocycles. The van der Waals surface area contributed by atoms with E-state index >= 15 is 0 Å². The zero-order chi connectivity index (χ0) is 13.0. The lowest BCUT2D eigenvalue weighted by Crippen LogP contribution is -2.16. The lowest BCUT2D eigenvalue weighted by molar-refractivity contribution is 0.684. The number of thiazole rings is 1. The van der Waals surface area contributed by atoms with E-state index in [0.717, 1.165) is 35.8 Å². The molecule has 2 rings (SSSR count). The van der Waals surface area contributed by atoms with E-state index in [1.165, 1.54) is 10.6 Å². The molecule has 0 radical (unpaired) electrons. The van der Waals surface area contributed by atoms with Crippen LogP contribution >= 0.6 is 22.9 Å². The van der Waals surface area contributed by atoms with Gasteiger partial charge < -0.3 is 5.32 Å². The average Bonchev–Trinajstić information content (AvgIpc) is 2.75. The Morgan fingerprint density at radius 2 is 2.17 bits per heavy atom. The molecule has 4 heteroatoms. The van der Waals surface area contributed by atoms with Crippen LogP contribution in [-0.4, -0.2) is 11.5 Å². The first-order chi connectivity index (χ1) is 8.65. The average molecular weight is 281 g/mol. The lowest BCUT2D eigenvalue weighted by Gasteiger charge is -2.05. The highest BCUT2D eigenvalue weighted by Gasteiger charge is 2.00. The molecule has 2 aromatic rings. The van der Waals surface area contributed by atoms with Gasteiger partial charge in [-0.3, -0.25) is 0 Å². The van der Waals surface area contributed by atoms with Crippen LogP contribution in [0.5, 0.6) is 0 Å². The molecule has 0 fully saturated rings. The summed E-state index contributed by atoms with van der Waals surface area (Å²) in [7, 11) is 0. The molecular weight excluding hydrogens is 264 g/mol. The van der Waals surface area contributed by atoms with Crippen molar-refractivity contribution in [1.29, 1.82) is 0 Å². The van der Waals surface area contributed by atoms with Crippen molar-refractivity contribution in [3.05, 3.63) is 50.4 Å². The summed E-state index contributed by atoms with van der Waals surface area (Å²) in [6.45, 7) is 5.84. The molecular formula is C14H17ClN2S. The molecule has 1 N–H and O–H groups in total. The zero-order valence-corrected chi connectivity index (χ0v) is 12.2. The Bertz CT molecular complexity index is 522. The molecule has 0 atom stereocenters. The minimum Gasteiger partial charge on any atom is -0.312 e. The number of halogens is 1. The monoisotopic (exact) mass is 280 g/mol. The smallest absolute Gasteiger partial charge is 0.0940 e. The van der Waals surface area contributed by atoms with Crippen LogP contribution in [0.4, 0.5) is 0 Å². The summed E-state index contributed by atoms with van der Waals surface area (Å²) in [5.74, 6) is 0. The molecule has 2 nitrogen and oxygen atoms in total. The van der Waals surface area contributed by atoms with E-state index in [0.29, 0.717) is 0 Å². The molecule has 0 saturated carbocycles. The maximum atomic E-state index is 6.09. The first kappa shape index (κ1) is 13.5. The van der Waals surface area contributed by atoms with Crippen LogP contribution in [-0.2, 0) is 13.0 Å². The van der Waals surface area contributed by atoms with Gasteiger partial charge in [0.15, 0.2) is 0 Å². The number of hydrogen-bond acceptors (Lipinski definition) is 3. The quantitative estimate of drug-likeness (QED) is 0.844. The number of aromatic nitrogens is 1. The van der Waals surface area contributed by atoms with Crippen LogP contribution in [0.2, 0.25) is 5.02 Å². The van der Waals surface area contributed by atoms with E-state index in [2.05, 4.69) is 27.8 Å². The van der Waals surface area contributed by atoms with Gasteiger partial charge in [0.25, 0.3) is 0 Å². The molecule has 0 aliphatic carbocycles. The second-order valence-electron chi connectivity index (χ2n) is 4.39. The van der Waals surface area contributed by atoms with Crippen molar-refractivity contribution < 1.29 is 0 Å². The highest BCUT2D eigenvalue weighted by atomic mass is 35.5. The highest BCUT2D eigenvalue weighted by molar-refractivity contribution is 7.09. The van der Waals surface area contributed by atoms with Crippen LogP contribution in [0, 0.1) is 13.8 Å². The number of nitrogens with zero attached hydrogens (tertiary/aromatic N) is 1. The predicted molar refractivity (Wildman–Crippen MR) is 78.5 cm³/mol. The van der Waals surface area contributed by atoms with Crippen LogP contribution < -0.4 is 5.32 Å². The molecule has 96 valence electrons. The van der Waals surface area contributed by atoms with Crippen molar-refractivity contribution in [2.24, 2.45) is 0 Å². The largest absolute Gasteiger partial charge is 0.312 e. The Morgan fingerprint density at radius 3 is 2.83 bits per heavy atom. The first-order valence-corrected chi connectivity index (χ1v) is 7.27. The summed E-state index contributed by atoms with van der Waals surface area (Å²) in [6.07, 6.45) is 0.984. The van der Waals surface area contributed by atoms with Gasteiger partial charge in [0.05, 0.1) is 5.01 Å². The Morgan fingerprint density at radius 1 is 1.33 bits per heavy atom. The third-order valence-corrected chi connectivity index (χ3v) is 4.18. The molecule has 0 bridgehead atoms. The summed E-state index contributed by atoms with van der Waals surface area (Å²) in [6, 6.07) is 6.20. The van der Waals surface area contributed by atoms with E-state index < -0.39 is 0 Å². The van der Waals surface area contributed by atoms with Crippen molar-refractivity contribution in [2.45, 2.75) is 26.8 Å². The second-order valence-corrected chi connectivity index (χ2v) is 5.74. The fourth-order valence-corrected chi connectivity index (χ4v) is 2.67. The van der Waals surface area contributed by atoms with Crippen LogP contribution in [0.25, 0.3) is 0 Å². The van der Waals surface area contributed by atoms with Crippen molar-refractivity contribution in [1.82, 2.24) is 10.3 Å². The third kappa shape index (κ3) is 3.80. The van der Waals surface area contributed by atoms with Crippen LogP contribution in [0.1, 0.15) is 21.8 Å².